The predicted molar refractivity (Wildman–Crippen MR) is 216 cm³/mol. The molecule has 0 aliphatic carbocycles. The van der Waals surface area contributed by atoms with Crippen LogP contribution in [0.3, 0.4) is 0 Å². The fourth-order valence-electron chi connectivity index (χ4n) is 7.42. The van der Waals surface area contributed by atoms with Gasteiger partial charge in [-0.05, 0) is 48.5 Å². The highest BCUT2D eigenvalue weighted by Crippen LogP contribution is 2.41. The molecule has 11 aromatic rings. The lowest BCUT2D eigenvalue weighted by molar-refractivity contribution is 0.670. The number of rotatable bonds is 5. The Balaban J connectivity index is 1.13. The third kappa shape index (κ3) is 4.79. The molecule has 4 heterocycles. The molecule has 0 fully saturated rings. The first kappa shape index (κ1) is 29.7. The Morgan fingerprint density at radius 3 is 1.89 bits per heavy atom. The number of benzene rings is 7. The Hall–Kier alpha value is -6.96. The molecule has 0 aliphatic rings. The van der Waals surface area contributed by atoms with Crippen molar-refractivity contribution in [1.82, 2.24) is 24.5 Å². The van der Waals surface area contributed by atoms with Crippen LogP contribution < -0.4 is 0 Å². The highest BCUT2D eigenvalue weighted by Gasteiger charge is 2.22. The molecule has 0 saturated heterocycles. The Bertz CT molecular complexity index is 3180. The van der Waals surface area contributed by atoms with Gasteiger partial charge < -0.3 is 4.42 Å². The summed E-state index contributed by atoms with van der Waals surface area (Å²) >= 11 is 1.78. The van der Waals surface area contributed by atoms with Crippen LogP contribution in [0.4, 0.5) is 0 Å². The molecule has 53 heavy (non-hydrogen) atoms. The number of fused-ring (bicyclic) bond motifs is 7. The van der Waals surface area contributed by atoms with E-state index in [1.54, 1.807) is 11.3 Å². The smallest absolute Gasteiger partial charge is 0.167 e. The monoisotopic (exact) mass is 697 g/mol. The van der Waals surface area contributed by atoms with E-state index in [-0.39, 0.29) is 0 Å². The second-order valence-corrected chi connectivity index (χ2v) is 14.1. The number of aromatic nitrogens is 5. The van der Waals surface area contributed by atoms with Crippen molar-refractivity contribution >= 4 is 64.5 Å². The number of para-hydroxylation sites is 5. The second-order valence-electron chi connectivity index (χ2n) is 13.0. The molecular formula is C46H27N5OS. The van der Waals surface area contributed by atoms with Crippen molar-refractivity contribution in [2.24, 2.45) is 0 Å². The predicted octanol–water partition coefficient (Wildman–Crippen LogP) is 12.1. The van der Waals surface area contributed by atoms with Crippen LogP contribution in [0, 0.1) is 0 Å². The summed E-state index contributed by atoms with van der Waals surface area (Å²) in [5.74, 6) is 2.58. The summed E-state index contributed by atoms with van der Waals surface area (Å²) in [5, 5.41) is 4.47. The lowest BCUT2D eigenvalue weighted by Crippen LogP contribution is -2.00. The van der Waals surface area contributed by atoms with Crippen molar-refractivity contribution < 1.29 is 4.42 Å². The van der Waals surface area contributed by atoms with Crippen LogP contribution in [-0.4, -0.2) is 24.5 Å². The lowest BCUT2D eigenvalue weighted by atomic mass is 10.1. The highest BCUT2D eigenvalue weighted by molar-refractivity contribution is 7.25. The molecule has 7 aromatic carbocycles. The average molecular weight is 698 g/mol. The Kier molecular flexibility index (Phi) is 6.62. The van der Waals surface area contributed by atoms with Crippen molar-refractivity contribution in [3.63, 3.8) is 0 Å². The molecule has 6 nitrogen and oxygen atoms in total. The van der Waals surface area contributed by atoms with Crippen molar-refractivity contribution in [3.8, 4) is 51.2 Å². The van der Waals surface area contributed by atoms with E-state index in [1.807, 2.05) is 54.6 Å². The Labute approximate surface area is 307 Å². The third-order valence-electron chi connectivity index (χ3n) is 9.89. The number of nitrogens with zero attached hydrogens (tertiary/aromatic N) is 5. The van der Waals surface area contributed by atoms with Gasteiger partial charge in [0.05, 0.1) is 22.2 Å². The first-order chi connectivity index (χ1) is 26.3. The van der Waals surface area contributed by atoms with Crippen LogP contribution in [0.15, 0.2) is 168 Å². The number of hydrogen-bond acceptors (Lipinski definition) is 6. The first-order valence-corrected chi connectivity index (χ1v) is 18.3. The maximum atomic E-state index is 6.94. The summed E-state index contributed by atoms with van der Waals surface area (Å²) in [7, 11) is 0. The van der Waals surface area contributed by atoms with Gasteiger partial charge in [-0.25, -0.2) is 19.9 Å². The zero-order valence-corrected chi connectivity index (χ0v) is 29.0. The van der Waals surface area contributed by atoms with Gasteiger partial charge in [0.2, 0.25) is 0 Å². The van der Waals surface area contributed by atoms with E-state index >= 15 is 0 Å². The van der Waals surface area contributed by atoms with E-state index < -0.39 is 0 Å². The topological polar surface area (TPSA) is 69.6 Å². The Morgan fingerprint density at radius 2 is 1.06 bits per heavy atom. The minimum absolute atomic E-state index is 0.549. The summed E-state index contributed by atoms with van der Waals surface area (Å²) in [6.07, 6.45) is 0. The standard InChI is InChI=1S/C46H27N5OS/c1-3-13-28(14-4-1)43-48-44(29-25-26-32-31-17-7-10-24-39(31)53-40(32)27-29)50-45(49-43)35-20-11-18-33-34-19-12-21-36(42(34)52-41(33)35)46-47-37-22-8-9-23-38(37)51(46)30-15-5-2-6-16-30/h1-27H. The molecule has 0 unspecified atom stereocenters. The van der Waals surface area contributed by atoms with Crippen molar-refractivity contribution in [1.29, 1.82) is 0 Å². The fourth-order valence-corrected chi connectivity index (χ4v) is 8.57. The molecule has 7 heteroatoms. The van der Waals surface area contributed by atoms with Crippen LogP contribution in [-0.2, 0) is 0 Å². The molecule has 0 aliphatic heterocycles. The van der Waals surface area contributed by atoms with Gasteiger partial charge in [-0.3, -0.25) is 4.57 Å². The van der Waals surface area contributed by atoms with Gasteiger partial charge in [0.15, 0.2) is 17.5 Å². The average Bonchev–Trinajstić information content (AvgIpc) is 3.92. The highest BCUT2D eigenvalue weighted by atomic mass is 32.1. The summed E-state index contributed by atoms with van der Waals surface area (Å²) in [5.41, 5.74) is 8.01. The number of thiophene rings is 1. The molecule has 0 amide bonds. The molecule has 11 rings (SSSR count). The molecule has 0 atom stereocenters. The second kappa shape index (κ2) is 11.8. The quantitative estimate of drug-likeness (QED) is 0.179. The molecule has 4 aromatic heterocycles. The Morgan fingerprint density at radius 1 is 0.434 bits per heavy atom. The van der Waals surface area contributed by atoms with Gasteiger partial charge in [-0.1, -0.05) is 115 Å². The van der Waals surface area contributed by atoms with E-state index in [1.165, 1.54) is 20.2 Å². The maximum Gasteiger partial charge on any atom is 0.167 e. The van der Waals surface area contributed by atoms with Gasteiger partial charge >= 0.3 is 0 Å². The lowest BCUT2D eigenvalue weighted by Gasteiger charge is -2.10. The van der Waals surface area contributed by atoms with E-state index in [4.69, 9.17) is 24.4 Å². The van der Waals surface area contributed by atoms with E-state index in [0.29, 0.717) is 23.1 Å². The van der Waals surface area contributed by atoms with Gasteiger partial charge in [0.1, 0.15) is 17.0 Å². The van der Waals surface area contributed by atoms with Gasteiger partial charge in [0.25, 0.3) is 0 Å². The fraction of sp³-hybridized carbons (Fsp3) is 0. The molecule has 248 valence electrons. The number of imidazole rings is 1. The largest absolute Gasteiger partial charge is 0.455 e. The van der Waals surface area contributed by atoms with Gasteiger partial charge in [0, 0.05) is 47.8 Å². The summed E-state index contributed by atoms with van der Waals surface area (Å²) in [6.45, 7) is 0. The summed E-state index contributed by atoms with van der Waals surface area (Å²) in [4.78, 5) is 20.4. The van der Waals surface area contributed by atoms with Crippen LogP contribution >= 0.6 is 11.3 Å². The van der Waals surface area contributed by atoms with Gasteiger partial charge in [-0.15, -0.1) is 11.3 Å². The van der Waals surface area contributed by atoms with Crippen LogP contribution in [0.1, 0.15) is 0 Å². The van der Waals surface area contributed by atoms with Crippen molar-refractivity contribution in [3.05, 3.63) is 164 Å². The van der Waals surface area contributed by atoms with Gasteiger partial charge in [-0.2, -0.15) is 0 Å². The van der Waals surface area contributed by atoms with E-state index in [0.717, 1.165) is 61.2 Å². The number of hydrogen-bond donors (Lipinski definition) is 0. The van der Waals surface area contributed by atoms with Crippen molar-refractivity contribution in [2.75, 3.05) is 0 Å². The normalized spacial score (nSPS) is 11.8. The van der Waals surface area contributed by atoms with Crippen LogP contribution in [0.2, 0.25) is 0 Å². The molecular weight excluding hydrogens is 671 g/mol. The zero-order chi connectivity index (χ0) is 34.9. The number of furan rings is 1. The minimum Gasteiger partial charge on any atom is -0.455 e. The molecule has 0 spiro atoms. The van der Waals surface area contributed by atoms with E-state index in [9.17, 15) is 0 Å². The molecule has 0 saturated carbocycles. The van der Waals surface area contributed by atoms with Crippen molar-refractivity contribution in [2.45, 2.75) is 0 Å². The molecule has 0 radical (unpaired) electrons. The third-order valence-corrected chi connectivity index (χ3v) is 11.0. The summed E-state index contributed by atoms with van der Waals surface area (Å²) < 4.78 is 11.6. The zero-order valence-electron chi connectivity index (χ0n) is 28.1. The maximum absolute atomic E-state index is 6.94. The first-order valence-electron chi connectivity index (χ1n) is 17.5. The molecule has 0 bridgehead atoms. The summed E-state index contributed by atoms with van der Waals surface area (Å²) in [6, 6.07) is 56.1. The SMILES string of the molecule is c1ccc(-c2nc(-c3ccc4c(c3)sc3ccccc34)nc(-c3cccc4c3oc3c(-c5nc6ccccc6n5-c5ccccc5)cccc34)n2)cc1. The van der Waals surface area contributed by atoms with E-state index in [2.05, 4.69) is 114 Å². The van der Waals surface area contributed by atoms with Crippen LogP contribution in [0.5, 0.6) is 0 Å². The minimum atomic E-state index is 0.549. The van der Waals surface area contributed by atoms with Crippen LogP contribution in [0.25, 0.3) is 104 Å². The molecule has 0 N–H and O–H groups in total.